The highest BCUT2D eigenvalue weighted by atomic mass is 16.5. The molecule has 1 fully saturated rings. The van der Waals surface area contributed by atoms with Crippen LogP contribution in [0.15, 0.2) is 30.6 Å². The van der Waals surface area contributed by atoms with Crippen molar-refractivity contribution in [3.05, 3.63) is 41.7 Å². The summed E-state index contributed by atoms with van der Waals surface area (Å²) in [5, 5.41) is 17.3. The molecule has 0 radical (unpaired) electrons. The predicted molar refractivity (Wildman–Crippen MR) is 89.5 cm³/mol. The molecule has 2 atom stereocenters. The van der Waals surface area contributed by atoms with E-state index >= 15 is 0 Å². The minimum Gasteiger partial charge on any atom is -0.496 e. The molecule has 2 heterocycles. The predicted octanol–water partition coefficient (Wildman–Crippen LogP) is 1.15. The van der Waals surface area contributed by atoms with Gasteiger partial charge in [0.15, 0.2) is 0 Å². The summed E-state index contributed by atoms with van der Waals surface area (Å²) in [5.41, 5.74) is 1.69. The van der Waals surface area contributed by atoms with Crippen molar-refractivity contribution in [2.45, 2.75) is 18.6 Å². The second kappa shape index (κ2) is 6.99. The lowest BCUT2D eigenvalue weighted by Gasteiger charge is -2.24. The normalized spacial score (nSPS) is 21.1. The van der Waals surface area contributed by atoms with Crippen molar-refractivity contribution in [2.75, 3.05) is 34.3 Å². The van der Waals surface area contributed by atoms with Gasteiger partial charge in [0.2, 0.25) is 0 Å². The van der Waals surface area contributed by atoms with E-state index in [1.54, 1.807) is 19.4 Å². The van der Waals surface area contributed by atoms with Gasteiger partial charge in [0.25, 0.3) is 0 Å². The highest BCUT2D eigenvalue weighted by Gasteiger charge is 2.36. The number of nitrogens with zero attached hydrogens (tertiary/aromatic N) is 6. The monoisotopic (exact) mass is 326 g/mol. The maximum atomic E-state index is 9.14. The fourth-order valence-electron chi connectivity index (χ4n) is 3.35. The van der Waals surface area contributed by atoms with Crippen LogP contribution in [-0.2, 0) is 6.54 Å². The van der Waals surface area contributed by atoms with Crippen LogP contribution in [0.5, 0.6) is 5.75 Å². The van der Waals surface area contributed by atoms with Crippen LogP contribution in [0, 0.1) is 11.3 Å². The Morgan fingerprint density at radius 3 is 2.83 bits per heavy atom. The standard InChI is InChI=1S/C17H22N6O/c1-21(2)15-11-22(12-16(15)23-7-6-19-20-23)10-14-8-13(9-18)4-5-17(14)24-3/h4-8,15-16H,10-12H2,1-3H3/t15-,16+/m1/s1. The average molecular weight is 326 g/mol. The molecule has 0 spiro atoms. The first-order valence-corrected chi connectivity index (χ1v) is 7.94. The molecule has 2 aromatic rings. The van der Waals surface area contributed by atoms with Gasteiger partial charge in [0.05, 0.1) is 31.0 Å². The van der Waals surface area contributed by atoms with Gasteiger partial charge in [-0.25, -0.2) is 4.68 Å². The van der Waals surface area contributed by atoms with Gasteiger partial charge < -0.3 is 9.64 Å². The molecule has 0 bridgehead atoms. The molecule has 0 aliphatic carbocycles. The van der Waals surface area contributed by atoms with Gasteiger partial charge in [-0.2, -0.15) is 5.26 Å². The SMILES string of the molecule is COc1ccc(C#N)cc1CN1C[C@@H](N(C)C)[C@@H](n2ccnn2)C1. The Morgan fingerprint density at radius 2 is 2.21 bits per heavy atom. The third-order valence-electron chi connectivity index (χ3n) is 4.58. The van der Waals surface area contributed by atoms with Crippen LogP contribution in [0.2, 0.25) is 0 Å². The van der Waals surface area contributed by atoms with Gasteiger partial charge in [-0.1, -0.05) is 5.21 Å². The lowest BCUT2D eigenvalue weighted by molar-refractivity contribution is 0.237. The fraction of sp³-hybridized carbons (Fsp3) is 0.471. The third-order valence-corrected chi connectivity index (χ3v) is 4.58. The largest absolute Gasteiger partial charge is 0.496 e. The van der Waals surface area contributed by atoms with Crippen molar-refractivity contribution in [1.29, 1.82) is 5.26 Å². The molecular formula is C17H22N6O. The van der Waals surface area contributed by atoms with E-state index < -0.39 is 0 Å². The number of benzene rings is 1. The second-order valence-corrected chi connectivity index (χ2v) is 6.31. The van der Waals surface area contributed by atoms with Crippen molar-refractivity contribution < 1.29 is 4.74 Å². The molecule has 1 saturated heterocycles. The Hall–Kier alpha value is -2.43. The molecule has 0 unspecified atom stereocenters. The van der Waals surface area contributed by atoms with Crippen LogP contribution >= 0.6 is 0 Å². The summed E-state index contributed by atoms with van der Waals surface area (Å²) in [6.45, 7) is 2.55. The Bertz CT molecular complexity index is 721. The van der Waals surface area contributed by atoms with Crippen LogP contribution < -0.4 is 4.74 Å². The minimum atomic E-state index is 0.257. The molecule has 1 aromatic carbocycles. The maximum Gasteiger partial charge on any atom is 0.123 e. The molecule has 1 aliphatic rings. The van der Waals surface area contributed by atoms with E-state index in [1.807, 2.05) is 23.0 Å². The molecule has 0 amide bonds. The summed E-state index contributed by atoms with van der Waals surface area (Å²) >= 11 is 0. The fourth-order valence-corrected chi connectivity index (χ4v) is 3.35. The molecule has 126 valence electrons. The lowest BCUT2D eigenvalue weighted by Crippen LogP contribution is -2.36. The molecule has 7 heteroatoms. The van der Waals surface area contributed by atoms with Crippen molar-refractivity contribution in [3.63, 3.8) is 0 Å². The molecule has 0 N–H and O–H groups in total. The Balaban J connectivity index is 1.80. The van der Waals surface area contributed by atoms with E-state index in [0.717, 1.165) is 30.9 Å². The summed E-state index contributed by atoms with van der Waals surface area (Å²) in [6.07, 6.45) is 3.64. The van der Waals surface area contributed by atoms with Gasteiger partial charge in [0.1, 0.15) is 5.75 Å². The van der Waals surface area contributed by atoms with Gasteiger partial charge in [-0.05, 0) is 32.3 Å². The van der Waals surface area contributed by atoms with E-state index in [2.05, 4.69) is 40.3 Å². The molecule has 1 aromatic heterocycles. The zero-order valence-electron chi connectivity index (χ0n) is 14.3. The van der Waals surface area contributed by atoms with E-state index in [9.17, 15) is 0 Å². The van der Waals surface area contributed by atoms with E-state index in [-0.39, 0.29) is 6.04 Å². The topological polar surface area (TPSA) is 70.2 Å². The number of methoxy groups -OCH3 is 1. The first kappa shape index (κ1) is 16.4. The van der Waals surface area contributed by atoms with Crippen LogP contribution in [0.4, 0.5) is 0 Å². The van der Waals surface area contributed by atoms with Gasteiger partial charge in [0, 0.05) is 37.4 Å². The number of ether oxygens (including phenoxy) is 1. The number of nitriles is 1. The highest BCUT2D eigenvalue weighted by molar-refractivity contribution is 5.42. The number of rotatable bonds is 5. The average Bonchev–Trinajstić information content (AvgIpc) is 3.23. The Labute approximate surface area is 142 Å². The van der Waals surface area contributed by atoms with Crippen molar-refractivity contribution in [1.82, 2.24) is 24.8 Å². The highest BCUT2D eigenvalue weighted by Crippen LogP contribution is 2.28. The molecule has 7 nitrogen and oxygen atoms in total. The quantitative estimate of drug-likeness (QED) is 0.821. The molecule has 0 saturated carbocycles. The van der Waals surface area contributed by atoms with Crippen LogP contribution in [0.3, 0.4) is 0 Å². The van der Waals surface area contributed by atoms with Gasteiger partial charge in [-0.15, -0.1) is 5.10 Å². The number of hydrogen-bond donors (Lipinski definition) is 0. The molecule has 3 rings (SSSR count). The Kier molecular flexibility index (Phi) is 4.79. The molecular weight excluding hydrogens is 304 g/mol. The van der Waals surface area contributed by atoms with E-state index in [1.165, 1.54) is 0 Å². The minimum absolute atomic E-state index is 0.257. The number of likely N-dealkylation sites (tertiary alicyclic amines) is 1. The van der Waals surface area contributed by atoms with E-state index in [4.69, 9.17) is 10.00 Å². The lowest BCUT2D eigenvalue weighted by atomic mass is 10.1. The van der Waals surface area contributed by atoms with Crippen LogP contribution in [0.25, 0.3) is 0 Å². The summed E-state index contributed by atoms with van der Waals surface area (Å²) < 4.78 is 7.39. The van der Waals surface area contributed by atoms with Gasteiger partial charge >= 0.3 is 0 Å². The van der Waals surface area contributed by atoms with Crippen molar-refractivity contribution in [3.8, 4) is 11.8 Å². The molecule has 24 heavy (non-hydrogen) atoms. The summed E-state index contributed by atoms with van der Waals surface area (Å²) in [4.78, 5) is 4.60. The van der Waals surface area contributed by atoms with Crippen LogP contribution in [-0.4, -0.2) is 65.1 Å². The number of aromatic nitrogens is 3. The zero-order chi connectivity index (χ0) is 17.1. The summed E-state index contributed by atoms with van der Waals surface area (Å²) in [5.74, 6) is 0.819. The second-order valence-electron chi connectivity index (χ2n) is 6.31. The third kappa shape index (κ3) is 3.25. The first-order chi connectivity index (χ1) is 11.6. The Morgan fingerprint density at radius 1 is 1.38 bits per heavy atom. The number of likely N-dealkylation sites (N-methyl/N-ethyl adjacent to an activating group) is 1. The smallest absolute Gasteiger partial charge is 0.123 e. The van der Waals surface area contributed by atoms with E-state index in [0.29, 0.717) is 11.6 Å². The first-order valence-electron chi connectivity index (χ1n) is 7.94. The maximum absolute atomic E-state index is 9.14. The van der Waals surface area contributed by atoms with Crippen LogP contribution in [0.1, 0.15) is 17.2 Å². The van der Waals surface area contributed by atoms with Gasteiger partial charge in [-0.3, -0.25) is 4.90 Å². The summed E-state index contributed by atoms with van der Waals surface area (Å²) in [7, 11) is 5.85. The van der Waals surface area contributed by atoms with Crippen molar-refractivity contribution >= 4 is 0 Å². The summed E-state index contributed by atoms with van der Waals surface area (Å²) in [6, 6.07) is 8.37. The number of hydrogen-bond acceptors (Lipinski definition) is 6. The molecule has 1 aliphatic heterocycles. The van der Waals surface area contributed by atoms with Crippen molar-refractivity contribution in [2.24, 2.45) is 0 Å². The zero-order valence-corrected chi connectivity index (χ0v) is 14.3.